The fourth-order valence-corrected chi connectivity index (χ4v) is 5.92. The van der Waals surface area contributed by atoms with Gasteiger partial charge in [0.05, 0.1) is 28.4 Å². The number of benzene rings is 5. The Kier molecular flexibility index (Phi) is 28.2. The zero-order valence-electron chi connectivity index (χ0n) is 41.9. The maximum atomic E-state index is 10.8. The van der Waals surface area contributed by atoms with Crippen molar-refractivity contribution >= 4 is 55.8 Å². The third-order valence-corrected chi connectivity index (χ3v) is 8.93. The van der Waals surface area contributed by atoms with Crippen molar-refractivity contribution in [2.45, 2.75) is 137 Å². The lowest BCUT2D eigenvalue weighted by Crippen LogP contribution is -2.10. The number of hydrogen-bond acceptors (Lipinski definition) is 5. The Bertz CT molecular complexity index is 2650. The highest BCUT2D eigenvalue weighted by Crippen LogP contribution is 2.26. The van der Waals surface area contributed by atoms with Crippen molar-refractivity contribution < 1.29 is 0 Å². The minimum Gasteiger partial charge on any atom is -0.361 e. The molecule has 5 aromatic carbocycles. The molecule has 0 saturated heterocycles. The van der Waals surface area contributed by atoms with Crippen LogP contribution < -0.4 is 5.69 Å². The summed E-state index contributed by atoms with van der Waals surface area (Å²) >= 11 is 0. The number of aromatic amines is 5. The average Bonchev–Trinajstić information content (AvgIpc) is 4.18. The van der Waals surface area contributed by atoms with Crippen molar-refractivity contribution in [1.29, 1.82) is 0 Å². The minimum absolute atomic E-state index is 0. The number of H-pyrrole nitrogens is 5. The molecule has 1 aliphatic heterocycles. The van der Waals surface area contributed by atoms with Crippen molar-refractivity contribution in [2.75, 3.05) is 0 Å². The van der Waals surface area contributed by atoms with Crippen LogP contribution in [0, 0.1) is 27.7 Å². The Morgan fingerprint density at radius 3 is 1.77 bits per heavy atom. The Balaban J connectivity index is 0.000000749. The lowest BCUT2D eigenvalue weighted by atomic mass is 9.86. The summed E-state index contributed by atoms with van der Waals surface area (Å²) in [5, 5.41) is 19.7. The predicted octanol–water partition coefficient (Wildman–Crippen LogP) is 15.8. The van der Waals surface area contributed by atoms with E-state index >= 15 is 0 Å². The van der Waals surface area contributed by atoms with Crippen LogP contribution in [-0.2, 0) is 11.8 Å². The van der Waals surface area contributed by atoms with E-state index in [-0.39, 0.29) is 18.5 Å². The largest absolute Gasteiger partial charge is 0.361 e. The second kappa shape index (κ2) is 31.3. The normalized spacial score (nSPS) is 10.0. The number of nitrogens with zero attached hydrogens (tertiary/aromatic N) is 4. The van der Waals surface area contributed by atoms with Crippen LogP contribution >= 0.6 is 0 Å². The summed E-state index contributed by atoms with van der Waals surface area (Å²) in [5.74, 6) is 0. The highest BCUT2D eigenvalue weighted by Gasteiger charge is 2.13. The number of imidazole rings is 1. The van der Waals surface area contributed by atoms with Crippen LogP contribution in [0.1, 0.15) is 131 Å². The summed E-state index contributed by atoms with van der Waals surface area (Å²) in [7, 11) is 0. The van der Waals surface area contributed by atoms with Gasteiger partial charge in [0.1, 0.15) is 11.0 Å². The first-order valence-electron chi connectivity index (χ1n) is 23.0. The number of aliphatic imine (C=N–C) groups is 1. The third-order valence-electron chi connectivity index (χ3n) is 8.93. The zero-order valence-corrected chi connectivity index (χ0v) is 41.9. The fraction of sp³-hybridized carbons (Fsp3) is 0.364. The van der Waals surface area contributed by atoms with Crippen LogP contribution in [-0.4, -0.2) is 46.8 Å². The molecule has 0 unspecified atom stereocenters. The molecule has 352 valence electrons. The highest BCUT2D eigenvalue weighted by molar-refractivity contribution is 5.80. The second-order valence-electron chi connectivity index (χ2n) is 14.6. The fourth-order valence-electron chi connectivity index (χ4n) is 5.92. The zero-order chi connectivity index (χ0) is 48.2. The molecule has 10 nitrogen and oxygen atoms in total. The van der Waals surface area contributed by atoms with E-state index in [2.05, 4.69) is 135 Å². The molecule has 0 saturated carbocycles. The van der Waals surface area contributed by atoms with Crippen molar-refractivity contribution in [3.63, 3.8) is 0 Å². The topological polar surface area (TPSA) is 147 Å². The van der Waals surface area contributed by atoms with E-state index < -0.39 is 0 Å². The van der Waals surface area contributed by atoms with Gasteiger partial charge in [0.25, 0.3) is 0 Å². The van der Waals surface area contributed by atoms with Crippen LogP contribution in [0.4, 0.5) is 5.69 Å². The van der Waals surface area contributed by atoms with Gasteiger partial charge in [-0.25, -0.2) is 4.79 Å². The van der Waals surface area contributed by atoms with Gasteiger partial charge in [0.15, 0.2) is 0 Å². The number of hydrogen-bond donors (Lipinski definition) is 5. The average molecular weight is 884 g/mol. The number of aryl methyl sites for hydroxylation is 4. The van der Waals surface area contributed by atoms with Gasteiger partial charge < -0.3 is 15.0 Å². The Labute approximate surface area is 390 Å². The molecule has 0 spiro atoms. The maximum Gasteiger partial charge on any atom is 0.323 e. The summed E-state index contributed by atoms with van der Waals surface area (Å²) in [6.07, 6.45) is 6.79. The van der Waals surface area contributed by atoms with Gasteiger partial charge in [-0.1, -0.05) is 145 Å². The standard InChI is InChI=1S/C12H15N.C9H9N.C8H8N2O.C8H8N2.C7H7N3.5C2H6.CH4/c1-12(2,3)10-4-5-11-9(8-10)6-7-13-11;1-7-2-3-9-8(6-7)4-5-10-9;1-5-2-3-6-7(4-5)10-8(11)9-6;1-6-2-3-8-7(4-6)5-9-10-8;1-5-2-3-6-7(4-5)9-10-8-6;5*1-2;/h4-8,13H,1-3H3;2-3,5-6H,4H2,1H3;2-4H,1H3,(H2,9,10,11);2-5H,1H3,(H,9,10);2-4H,1H3,(H,8,9,10);5*1-2H3;1H4. The molecule has 65 heavy (non-hydrogen) atoms. The van der Waals surface area contributed by atoms with Crippen LogP contribution in [0.3, 0.4) is 0 Å². The summed E-state index contributed by atoms with van der Waals surface area (Å²) in [6, 6.07) is 33.1. The van der Waals surface area contributed by atoms with Crippen molar-refractivity contribution in [3.05, 3.63) is 153 Å². The van der Waals surface area contributed by atoms with Gasteiger partial charge in [-0.15, -0.1) is 0 Å². The number of aromatic nitrogens is 8. The van der Waals surface area contributed by atoms with Crippen LogP contribution in [0.5, 0.6) is 0 Å². The van der Waals surface area contributed by atoms with E-state index in [1.54, 1.807) is 0 Å². The first kappa shape index (κ1) is 58.5. The highest BCUT2D eigenvalue weighted by atomic mass is 16.1. The lowest BCUT2D eigenvalue weighted by molar-refractivity contribution is 0.591. The molecule has 4 aromatic heterocycles. The minimum atomic E-state index is -0.148. The van der Waals surface area contributed by atoms with Crippen LogP contribution in [0.2, 0.25) is 0 Å². The molecule has 0 aliphatic carbocycles. The molecule has 10 rings (SSSR count). The Morgan fingerprint density at radius 2 is 1.09 bits per heavy atom. The van der Waals surface area contributed by atoms with Gasteiger partial charge in [0.2, 0.25) is 0 Å². The first-order chi connectivity index (χ1) is 30.9. The second-order valence-corrected chi connectivity index (χ2v) is 14.6. The van der Waals surface area contributed by atoms with E-state index in [0.717, 1.165) is 45.3 Å². The molecule has 5 heterocycles. The molecule has 0 atom stereocenters. The Morgan fingerprint density at radius 1 is 0.538 bits per heavy atom. The van der Waals surface area contributed by atoms with Gasteiger partial charge in [-0.3, -0.25) is 10.1 Å². The van der Waals surface area contributed by atoms with Gasteiger partial charge in [-0.05, 0) is 121 Å². The van der Waals surface area contributed by atoms with Gasteiger partial charge >= 0.3 is 5.69 Å². The van der Waals surface area contributed by atoms with Crippen molar-refractivity contribution in [1.82, 2.24) is 40.6 Å². The molecule has 0 fully saturated rings. The third kappa shape index (κ3) is 19.0. The van der Waals surface area contributed by atoms with Gasteiger partial charge in [-0.2, -0.15) is 20.5 Å². The summed E-state index contributed by atoms with van der Waals surface area (Å²) in [6.45, 7) is 34.9. The van der Waals surface area contributed by atoms with E-state index in [0.29, 0.717) is 0 Å². The molecule has 5 N–H and O–H groups in total. The molecular formula is C55H81N9O. The van der Waals surface area contributed by atoms with Gasteiger partial charge in [0, 0.05) is 29.7 Å². The predicted molar refractivity (Wildman–Crippen MR) is 287 cm³/mol. The molecular weight excluding hydrogens is 803 g/mol. The van der Waals surface area contributed by atoms with E-state index in [1.165, 1.54) is 44.1 Å². The van der Waals surface area contributed by atoms with Crippen molar-refractivity contribution in [2.24, 2.45) is 4.99 Å². The summed E-state index contributed by atoms with van der Waals surface area (Å²) in [4.78, 5) is 23.6. The quantitative estimate of drug-likeness (QED) is 0.103. The maximum absolute atomic E-state index is 10.8. The molecule has 0 amide bonds. The Hall–Kier alpha value is -6.55. The van der Waals surface area contributed by atoms with Crippen LogP contribution in [0.15, 0.2) is 119 Å². The molecule has 9 aromatic rings. The van der Waals surface area contributed by atoms with E-state index in [1.807, 2.05) is 144 Å². The van der Waals surface area contributed by atoms with E-state index in [4.69, 9.17) is 0 Å². The smallest absolute Gasteiger partial charge is 0.323 e. The number of fused-ring (bicyclic) bond motifs is 5. The van der Waals surface area contributed by atoms with E-state index in [9.17, 15) is 4.79 Å². The molecule has 0 bridgehead atoms. The number of rotatable bonds is 0. The summed E-state index contributed by atoms with van der Waals surface area (Å²) in [5.41, 5.74) is 14.8. The first-order valence-corrected chi connectivity index (χ1v) is 23.0. The summed E-state index contributed by atoms with van der Waals surface area (Å²) < 4.78 is 0. The SMILES string of the molecule is C.CC.CC.CC.CC.CC.CC(C)(C)c1ccc2[nH]ccc2c1.Cc1ccc2[nH]c(=O)[nH]c2c1.Cc1ccc2[nH]ncc2c1.Cc1ccc2c(c1)CC=N2.Cc1ccc2n[nH]nc2c1. The molecule has 10 heteroatoms. The molecule has 1 aliphatic rings. The number of nitrogens with one attached hydrogen (secondary N) is 5. The van der Waals surface area contributed by atoms with Crippen LogP contribution in [0.25, 0.3) is 43.9 Å². The molecule has 0 radical (unpaired) electrons. The lowest BCUT2D eigenvalue weighted by Gasteiger charge is -2.18. The monoisotopic (exact) mass is 884 g/mol. The van der Waals surface area contributed by atoms with Crippen molar-refractivity contribution in [3.8, 4) is 0 Å².